The number of nitrogens with zero attached hydrogens (tertiary/aromatic N) is 1. The van der Waals surface area contributed by atoms with Crippen LogP contribution in [0.25, 0.3) is 0 Å². The van der Waals surface area contributed by atoms with Gasteiger partial charge in [0.15, 0.2) is 0 Å². The van der Waals surface area contributed by atoms with Crippen LogP contribution >= 0.6 is 15.9 Å². The van der Waals surface area contributed by atoms with Crippen LogP contribution in [0.3, 0.4) is 0 Å². The first kappa shape index (κ1) is 14.0. The number of likely N-dealkylation sites (tertiary alicyclic amines) is 1. The maximum Gasteiger partial charge on any atom is 0.0320 e. The molecule has 1 aliphatic rings. The van der Waals surface area contributed by atoms with Gasteiger partial charge in [-0.25, -0.2) is 0 Å². The van der Waals surface area contributed by atoms with E-state index >= 15 is 0 Å². The zero-order chi connectivity index (χ0) is 13.0. The molecule has 1 aromatic carbocycles. The largest absolute Gasteiger partial charge is 0.307 e. The predicted molar refractivity (Wildman–Crippen MR) is 80.8 cm³/mol. The van der Waals surface area contributed by atoms with E-state index in [0.29, 0.717) is 12.1 Å². The number of piperidine rings is 1. The molecule has 0 amide bonds. The highest BCUT2D eigenvalue weighted by molar-refractivity contribution is 9.10. The molecule has 0 aliphatic carbocycles. The van der Waals surface area contributed by atoms with Crippen LogP contribution in [0.4, 0.5) is 0 Å². The van der Waals surface area contributed by atoms with Gasteiger partial charge in [-0.3, -0.25) is 0 Å². The molecule has 0 saturated carbocycles. The number of rotatable bonds is 4. The Balaban J connectivity index is 1.94. The smallest absolute Gasteiger partial charge is 0.0320 e. The molecule has 0 radical (unpaired) electrons. The van der Waals surface area contributed by atoms with Crippen LogP contribution in [0.2, 0.25) is 0 Å². The molecule has 1 N–H and O–H groups in total. The first-order valence-electron chi connectivity index (χ1n) is 6.89. The molecule has 18 heavy (non-hydrogen) atoms. The summed E-state index contributed by atoms with van der Waals surface area (Å²) in [4.78, 5) is 2.42. The van der Waals surface area contributed by atoms with Crippen molar-refractivity contribution >= 4 is 15.9 Å². The molecule has 0 spiro atoms. The van der Waals surface area contributed by atoms with Crippen molar-refractivity contribution in [3.05, 3.63) is 34.3 Å². The Bertz CT molecular complexity index is 355. The monoisotopic (exact) mass is 310 g/mol. The minimum atomic E-state index is 0.492. The van der Waals surface area contributed by atoms with Gasteiger partial charge in [0.2, 0.25) is 0 Å². The van der Waals surface area contributed by atoms with Crippen molar-refractivity contribution < 1.29 is 0 Å². The highest BCUT2D eigenvalue weighted by Gasteiger charge is 2.19. The van der Waals surface area contributed by atoms with Crippen LogP contribution < -0.4 is 5.32 Å². The third-order valence-electron chi connectivity index (χ3n) is 3.84. The molecule has 2 rings (SSSR count). The summed E-state index contributed by atoms with van der Waals surface area (Å²) in [5, 5.41) is 3.82. The molecular weight excluding hydrogens is 288 g/mol. The van der Waals surface area contributed by atoms with E-state index in [1.54, 1.807) is 0 Å². The van der Waals surface area contributed by atoms with Gasteiger partial charge in [0.25, 0.3) is 0 Å². The lowest BCUT2D eigenvalue weighted by Gasteiger charge is -2.32. The normalized spacial score (nSPS) is 19.9. The summed E-state index contributed by atoms with van der Waals surface area (Å²) in [6.45, 7) is 4.69. The SMILES string of the molecule is CCC(NC1CCN(C)CC1)c1ccc(Br)cc1. The van der Waals surface area contributed by atoms with Gasteiger partial charge >= 0.3 is 0 Å². The average molecular weight is 311 g/mol. The third kappa shape index (κ3) is 3.81. The lowest BCUT2D eigenvalue weighted by Crippen LogP contribution is -2.42. The van der Waals surface area contributed by atoms with Crippen molar-refractivity contribution in [3.8, 4) is 0 Å². The maximum absolute atomic E-state index is 3.82. The Kier molecular flexibility index (Phi) is 5.22. The van der Waals surface area contributed by atoms with E-state index in [2.05, 4.69) is 64.4 Å². The quantitative estimate of drug-likeness (QED) is 0.914. The van der Waals surface area contributed by atoms with Crippen molar-refractivity contribution in [1.82, 2.24) is 10.2 Å². The van der Waals surface area contributed by atoms with Crippen molar-refractivity contribution in [2.45, 2.75) is 38.3 Å². The molecule has 3 heteroatoms. The van der Waals surface area contributed by atoms with Crippen molar-refractivity contribution in [3.63, 3.8) is 0 Å². The third-order valence-corrected chi connectivity index (χ3v) is 4.36. The Labute approximate surface area is 119 Å². The van der Waals surface area contributed by atoms with Crippen LogP contribution in [0, 0.1) is 0 Å². The summed E-state index contributed by atoms with van der Waals surface area (Å²) in [5.41, 5.74) is 1.40. The Morgan fingerprint density at radius 1 is 1.28 bits per heavy atom. The highest BCUT2D eigenvalue weighted by atomic mass is 79.9. The fraction of sp³-hybridized carbons (Fsp3) is 0.600. The van der Waals surface area contributed by atoms with Gasteiger partial charge in [-0.2, -0.15) is 0 Å². The predicted octanol–water partition coefficient (Wildman–Crippen LogP) is 3.58. The topological polar surface area (TPSA) is 15.3 Å². The van der Waals surface area contributed by atoms with E-state index in [-0.39, 0.29) is 0 Å². The second kappa shape index (κ2) is 6.69. The van der Waals surface area contributed by atoms with Crippen LogP contribution in [0.5, 0.6) is 0 Å². The summed E-state index contributed by atoms with van der Waals surface area (Å²) in [5.74, 6) is 0. The lowest BCUT2D eigenvalue weighted by atomic mass is 9.99. The van der Waals surface area contributed by atoms with Crippen LogP contribution in [-0.2, 0) is 0 Å². The van der Waals surface area contributed by atoms with Crippen molar-refractivity contribution in [2.75, 3.05) is 20.1 Å². The van der Waals surface area contributed by atoms with Crippen LogP contribution in [0.15, 0.2) is 28.7 Å². The van der Waals surface area contributed by atoms with Gasteiger partial charge in [-0.15, -0.1) is 0 Å². The molecule has 2 nitrogen and oxygen atoms in total. The molecule has 1 atom stereocenters. The fourth-order valence-corrected chi connectivity index (χ4v) is 2.87. The molecule has 1 saturated heterocycles. The van der Waals surface area contributed by atoms with Gasteiger partial charge in [0.05, 0.1) is 0 Å². The molecule has 1 aromatic rings. The minimum absolute atomic E-state index is 0.492. The summed E-state index contributed by atoms with van der Waals surface area (Å²) in [6, 6.07) is 9.88. The molecular formula is C15H23BrN2. The molecule has 1 aliphatic heterocycles. The molecule has 1 unspecified atom stereocenters. The summed E-state index contributed by atoms with van der Waals surface area (Å²) in [6.07, 6.45) is 3.68. The number of halogens is 1. The van der Waals surface area contributed by atoms with Gasteiger partial charge in [0.1, 0.15) is 0 Å². The van der Waals surface area contributed by atoms with Crippen LogP contribution in [0.1, 0.15) is 37.8 Å². The van der Waals surface area contributed by atoms with Crippen molar-refractivity contribution in [2.24, 2.45) is 0 Å². The van der Waals surface area contributed by atoms with E-state index in [1.807, 2.05) is 0 Å². The summed E-state index contributed by atoms with van der Waals surface area (Å²) in [7, 11) is 2.21. The van der Waals surface area contributed by atoms with Gasteiger partial charge in [-0.05, 0) is 57.1 Å². The second-order valence-corrected chi connectivity index (χ2v) is 6.17. The average Bonchev–Trinajstić information content (AvgIpc) is 2.39. The summed E-state index contributed by atoms with van der Waals surface area (Å²) < 4.78 is 1.15. The van der Waals surface area contributed by atoms with E-state index in [0.717, 1.165) is 10.9 Å². The Hall–Kier alpha value is -0.380. The first-order chi connectivity index (χ1) is 8.69. The Morgan fingerprint density at radius 2 is 1.89 bits per heavy atom. The number of hydrogen-bond donors (Lipinski definition) is 1. The van der Waals surface area contributed by atoms with E-state index in [9.17, 15) is 0 Å². The number of hydrogen-bond acceptors (Lipinski definition) is 2. The highest BCUT2D eigenvalue weighted by Crippen LogP contribution is 2.22. The zero-order valence-electron chi connectivity index (χ0n) is 11.3. The lowest BCUT2D eigenvalue weighted by molar-refractivity contribution is 0.223. The zero-order valence-corrected chi connectivity index (χ0v) is 12.9. The molecule has 0 bridgehead atoms. The molecule has 0 aromatic heterocycles. The van der Waals surface area contributed by atoms with Crippen LogP contribution in [-0.4, -0.2) is 31.1 Å². The van der Waals surface area contributed by atoms with Crippen molar-refractivity contribution in [1.29, 1.82) is 0 Å². The first-order valence-corrected chi connectivity index (χ1v) is 7.68. The minimum Gasteiger partial charge on any atom is -0.307 e. The van der Waals surface area contributed by atoms with Gasteiger partial charge in [0, 0.05) is 16.6 Å². The van der Waals surface area contributed by atoms with E-state index < -0.39 is 0 Å². The van der Waals surface area contributed by atoms with Gasteiger partial charge in [-0.1, -0.05) is 35.0 Å². The standard InChI is InChI=1S/C15H23BrN2/c1-3-15(12-4-6-13(16)7-5-12)17-14-8-10-18(2)11-9-14/h4-7,14-15,17H,3,8-11H2,1-2H3. The van der Waals surface area contributed by atoms with E-state index in [4.69, 9.17) is 0 Å². The number of benzene rings is 1. The summed E-state index contributed by atoms with van der Waals surface area (Å²) >= 11 is 3.50. The Morgan fingerprint density at radius 3 is 2.44 bits per heavy atom. The maximum atomic E-state index is 3.82. The van der Waals surface area contributed by atoms with E-state index in [1.165, 1.54) is 31.5 Å². The fourth-order valence-electron chi connectivity index (χ4n) is 2.60. The molecule has 1 fully saturated rings. The molecule has 100 valence electrons. The van der Waals surface area contributed by atoms with Gasteiger partial charge < -0.3 is 10.2 Å². The molecule has 1 heterocycles. The number of nitrogens with one attached hydrogen (secondary N) is 1. The second-order valence-electron chi connectivity index (χ2n) is 5.26.